The Hall–Kier alpha value is -1.60. The van der Waals surface area contributed by atoms with Crippen LogP contribution in [0.5, 0.6) is 5.75 Å². The zero-order valence-electron chi connectivity index (χ0n) is 10.9. The van der Waals surface area contributed by atoms with Gasteiger partial charge >= 0.3 is 6.36 Å². The van der Waals surface area contributed by atoms with Gasteiger partial charge in [-0.3, -0.25) is 0 Å². The maximum Gasteiger partial charge on any atom is 0.573 e. The average molecular weight is 302 g/mol. The first-order chi connectivity index (χ1) is 9.26. The lowest BCUT2D eigenvalue weighted by Crippen LogP contribution is -2.18. The number of nitrogens with zero attached hydrogens (tertiary/aromatic N) is 1. The van der Waals surface area contributed by atoms with Gasteiger partial charge in [0.05, 0.1) is 16.7 Å². The summed E-state index contributed by atoms with van der Waals surface area (Å²) in [6.45, 7) is 3.69. The Kier molecular flexibility index (Phi) is 4.01. The highest BCUT2D eigenvalue weighted by Gasteiger charge is 2.31. The fourth-order valence-electron chi connectivity index (χ4n) is 1.89. The number of hydrogen-bond acceptors (Lipinski definition) is 4. The Labute approximate surface area is 118 Å². The van der Waals surface area contributed by atoms with Crippen LogP contribution in [-0.2, 0) is 0 Å². The molecule has 2 aromatic rings. The van der Waals surface area contributed by atoms with Gasteiger partial charge in [-0.05, 0) is 31.5 Å². The van der Waals surface area contributed by atoms with E-state index in [9.17, 15) is 13.2 Å². The van der Waals surface area contributed by atoms with Crippen molar-refractivity contribution in [3.05, 3.63) is 45.4 Å². The van der Waals surface area contributed by atoms with E-state index >= 15 is 0 Å². The van der Waals surface area contributed by atoms with Gasteiger partial charge in [0.15, 0.2) is 0 Å². The largest absolute Gasteiger partial charge is 0.573 e. The Morgan fingerprint density at radius 1 is 1.30 bits per heavy atom. The van der Waals surface area contributed by atoms with Crippen LogP contribution in [0.1, 0.15) is 27.2 Å². The normalized spacial score (nSPS) is 13.3. The number of benzene rings is 1. The van der Waals surface area contributed by atoms with Crippen LogP contribution in [0, 0.1) is 13.8 Å². The van der Waals surface area contributed by atoms with Crippen LogP contribution >= 0.6 is 11.3 Å². The van der Waals surface area contributed by atoms with Gasteiger partial charge in [0.1, 0.15) is 5.75 Å². The van der Waals surface area contributed by atoms with Crippen molar-refractivity contribution in [3.63, 3.8) is 0 Å². The zero-order chi connectivity index (χ0) is 14.9. The molecule has 0 aliphatic carbocycles. The van der Waals surface area contributed by atoms with E-state index in [0.29, 0.717) is 5.56 Å². The lowest BCUT2D eigenvalue weighted by Gasteiger charge is -2.14. The summed E-state index contributed by atoms with van der Waals surface area (Å²) in [5, 5.41) is 0.871. The highest BCUT2D eigenvalue weighted by Crippen LogP contribution is 2.31. The summed E-state index contributed by atoms with van der Waals surface area (Å²) in [6, 6.07) is 5.18. The van der Waals surface area contributed by atoms with Crippen molar-refractivity contribution >= 4 is 11.3 Å². The lowest BCUT2D eigenvalue weighted by atomic mass is 10.1. The van der Waals surface area contributed by atoms with E-state index in [-0.39, 0.29) is 5.75 Å². The van der Waals surface area contributed by atoms with Crippen LogP contribution in [0.15, 0.2) is 24.3 Å². The maximum atomic E-state index is 12.2. The molecule has 0 fully saturated rings. The smallest absolute Gasteiger partial charge is 0.406 e. The van der Waals surface area contributed by atoms with E-state index < -0.39 is 12.4 Å². The predicted octanol–water partition coefficient (Wildman–Crippen LogP) is 3.71. The quantitative estimate of drug-likeness (QED) is 0.940. The predicted molar refractivity (Wildman–Crippen MR) is 70.7 cm³/mol. The zero-order valence-corrected chi connectivity index (χ0v) is 11.7. The van der Waals surface area contributed by atoms with E-state index in [4.69, 9.17) is 5.73 Å². The van der Waals surface area contributed by atoms with Gasteiger partial charge in [0.25, 0.3) is 0 Å². The monoisotopic (exact) mass is 302 g/mol. The molecule has 0 amide bonds. The van der Waals surface area contributed by atoms with Crippen molar-refractivity contribution in [2.45, 2.75) is 26.3 Å². The van der Waals surface area contributed by atoms with E-state index in [1.165, 1.54) is 29.5 Å². The summed E-state index contributed by atoms with van der Waals surface area (Å²) >= 11 is 1.44. The fourth-order valence-corrected chi connectivity index (χ4v) is 2.85. The number of aromatic nitrogens is 1. The first kappa shape index (κ1) is 14.8. The summed E-state index contributed by atoms with van der Waals surface area (Å²) in [7, 11) is 0. The molecule has 1 atom stereocenters. The van der Waals surface area contributed by atoms with E-state index in [1.807, 2.05) is 13.8 Å². The van der Waals surface area contributed by atoms with E-state index in [0.717, 1.165) is 15.6 Å². The molecule has 1 heterocycles. The lowest BCUT2D eigenvalue weighted by molar-refractivity contribution is -0.274. The van der Waals surface area contributed by atoms with Gasteiger partial charge in [-0.1, -0.05) is 12.1 Å². The summed E-state index contributed by atoms with van der Waals surface area (Å²) in [4.78, 5) is 5.11. The number of rotatable bonds is 3. The summed E-state index contributed by atoms with van der Waals surface area (Å²) in [5.41, 5.74) is 7.44. The minimum Gasteiger partial charge on any atom is -0.406 e. The van der Waals surface area contributed by atoms with Crippen LogP contribution in [-0.4, -0.2) is 11.3 Å². The Balaban J connectivity index is 2.29. The van der Waals surface area contributed by atoms with Gasteiger partial charge in [0, 0.05) is 4.88 Å². The van der Waals surface area contributed by atoms with Gasteiger partial charge in [-0.25, -0.2) is 4.98 Å². The molecule has 0 bridgehead atoms. The molecule has 2 N–H and O–H groups in total. The molecule has 2 rings (SSSR count). The SMILES string of the molecule is Cc1nc(C)c(C(N)c2cccc(OC(F)(F)F)c2)s1. The summed E-state index contributed by atoms with van der Waals surface area (Å²) < 4.78 is 40.5. The summed E-state index contributed by atoms with van der Waals surface area (Å²) in [5.74, 6) is -0.274. The van der Waals surface area contributed by atoms with Crippen LogP contribution in [0.4, 0.5) is 13.2 Å². The number of hydrogen-bond donors (Lipinski definition) is 1. The van der Waals surface area contributed by atoms with Gasteiger partial charge in [-0.2, -0.15) is 0 Å². The van der Waals surface area contributed by atoms with E-state index in [2.05, 4.69) is 9.72 Å². The second-order valence-corrected chi connectivity index (χ2v) is 5.52. The Morgan fingerprint density at radius 3 is 2.55 bits per heavy atom. The Morgan fingerprint density at radius 2 is 2.00 bits per heavy atom. The maximum absolute atomic E-state index is 12.2. The number of halogens is 3. The van der Waals surface area contributed by atoms with Crippen LogP contribution in [0.3, 0.4) is 0 Å². The fraction of sp³-hybridized carbons (Fsp3) is 0.308. The second kappa shape index (κ2) is 5.41. The third kappa shape index (κ3) is 3.49. The highest BCUT2D eigenvalue weighted by atomic mass is 32.1. The molecule has 0 spiro atoms. The standard InChI is InChI=1S/C13H13F3N2OS/c1-7-12(20-8(2)18-7)11(17)9-4-3-5-10(6-9)19-13(14,15)16/h3-6,11H,17H2,1-2H3. The number of nitrogens with two attached hydrogens (primary N) is 1. The molecule has 0 aliphatic heterocycles. The van der Waals surface area contributed by atoms with Gasteiger partial charge < -0.3 is 10.5 Å². The molecule has 7 heteroatoms. The third-order valence-corrected chi connectivity index (χ3v) is 3.83. The molecule has 0 saturated carbocycles. The molecule has 3 nitrogen and oxygen atoms in total. The average Bonchev–Trinajstić information content (AvgIpc) is 2.65. The number of alkyl halides is 3. The van der Waals surface area contributed by atoms with Crippen molar-refractivity contribution in [3.8, 4) is 5.75 Å². The number of aryl methyl sites for hydroxylation is 2. The topological polar surface area (TPSA) is 48.1 Å². The molecule has 108 valence electrons. The van der Waals surface area contributed by atoms with Crippen molar-refractivity contribution in [1.82, 2.24) is 4.98 Å². The molecule has 1 unspecified atom stereocenters. The minimum atomic E-state index is -4.71. The van der Waals surface area contributed by atoms with Crippen molar-refractivity contribution in [2.75, 3.05) is 0 Å². The molecule has 1 aromatic carbocycles. The minimum absolute atomic E-state index is 0.274. The molecular formula is C13H13F3N2OS. The van der Waals surface area contributed by atoms with Crippen LogP contribution in [0.2, 0.25) is 0 Å². The number of thiazole rings is 1. The van der Waals surface area contributed by atoms with Crippen molar-refractivity contribution in [1.29, 1.82) is 0 Å². The first-order valence-electron chi connectivity index (χ1n) is 5.81. The molecule has 0 radical (unpaired) electrons. The highest BCUT2D eigenvalue weighted by molar-refractivity contribution is 7.11. The molecule has 1 aromatic heterocycles. The number of ether oxygens (including phenoxy) is 1. The van der Waals surface area contributed by atoms with Crippen LogP contribution < -0.4 is 10.5 Å². The Bertz CT molecular complexity index is 610. The summed E-state index contributed by atoms with van der Waals surface area (Å²) in [6.07, 6.45) is -4.71. The first-order valence-corrected chi connectivity index (χ1v) is 6.63. The molecule has 20 heavy (non-hydrogen) atoms. The van der Waals surface area contributed by atoms with Gasteiger partial charge in [-0.15, -0.1) is 24.5 Å². The molecule has 0 aliphatic rings. The van der Waals surface area contributed by atoms with Crippen molar-refractivity contribution < 1.29 is 17.9 Å². The van der Waals surface area contributed by atoms with Crippen LogP contribution in [0.25, 0.3) is 0 Å². The van der Waals surface area contributed by atoms with Crippen molar-refractivity contribution in [2.24, 2.45) is 5.73 Å². The molecule has 0 saturated heterocycles. The second-order valence-electron chi connectivity index (χ2n) is 4.28. The van der Waals surface area contributed by atoms with Gasteiger partial charge in [0.2, 0.25) is 0 Å². The molecular weight excluding hydrogens is 289 g/mol. The third-order valence-electron chi connectivity index (χ3n) is 2.67. The van der Waals surface area contributed by atoms with E-state index in [1.54, 1.807) is 6.07 Å².